The van der Waals surface area contributed by atoms with Gasteiger partial charge in [-0.3, -0.25) is 0 Å². The van der Waals surface area contributed by atoms with E-state index in [2.05, 4.69) is 24.4 Å². The van der Waals surface area contributed by atoms with E-state index in [1.807, 2.05) is 19.2 Å². The van der Waals surface area contributed by atoms with E-state index in [0.717, 1.165) is 25.2 Å². The smallest absolute Gasteiger partial charge is 0.119 e. The van der Waals surface area contributed by atoms with Crippen molar-refractivity contribution < 1.29 is 9.47 Å². The van der Waals surface area contributed by atoms with E-state index in [1.165, 1.54) is 5.56 Å². The summed E-state index contributed by atoms with van der Waals surface area (Å²) in [7, 11) is 3.68. The van der Waals surface area contributed by atoms with E-state index in [4.69, 9.17) is 9.47 Å². The highest BCUT2D eigenvalue weighted by molar-refractivity contribution is 5.32. The quantitative estimate of drug-likeness (QED) is 0.870. The third-order valence-electron chi connectivity index (χ3n) is 3.58. The SMILES string of the molecule is CNC(c1cccc(OC)c1)C1(C)CCCO1. The minimum Gasteiger partial charge on any atom is -0.497 e. The van der Waals surface area contributed by atoms with Crippen LogP contribution in [0.25, 0.3) is 0 Å². The summed E-state index contributed by atoms with van der Waals surface area (Å²) >= 11 is 0. The summed E-state index contributed by atoms with van der Waals surface area (Å²) in [5, 5.41) is 3.37. The monoisotopic (exact) mass is 235 g/mol. The Labute approximate surface area is 103 Å². The molecule has 2 unspecified atom stereocenters. The lowest BCUT2D eigenvalue weighted by atomic mass is 9.88. The molecule has 1 heterocycles. The van der Waals surface area contributed by atoms with Gasteiger partial charge in [0.15, 0.2) is 0 Å². The van der Waals surface area contributed by atoms with E-state index < -0.39 is 0 Å². The van der Waals surface area contributed by atoms with E-state index in [9.17, 15) is 0 Å². The molecule has 94 valence electrons. The molecule has 1 aliphatic heterocycles. The number of likely N-dealkylation sites (N-methyl/N-ethyl adjacent to an activating group) is 1. The van der Waals surface area contributed by atoms with Gasteiger partial charge in [-0.05, 0) is 44.5 Å². The van der Waals surface area contributed by atoms with Gasteiger partial charge in [0.1, 0.15) is 5.75 Å². The van der Waals surface area contributed by atoms with Crippen molar-refractivity contribution in [3.05, 3.63) is 29.8 Å². The lowest BCUT2D eigenvalue weighted by Crippen LogP contribution is -2.39. The molecule has 0 spiro atoms. The Hall–Kier alpha value is -1.06. The van der Waals surface area contributed by atoms with Gasteiger partial charge in [-0.15, -0.1) is 0 Å². The van der Waals surface area contributed by atoms with E-state index in [-0.39, 0.29) is 11.6 Å². The van der Waals surface area contributed by atoms with Crippen molar-refractivity contribution >= 4 is 0 Å². The molecule has 3 heteroatoms. The van der Waals surface area contributed by atoms with Crippen molar-refractivity contribution in [1.82, 2.24) is 5.32 Å². The van der Waals surface area contributed by atoms with Crippen molar-refractivity contribution in [3.63, 3.8) is 0 Å². The lowest BCUT2D eigenvalue weighted by Gasteiger charge is -2.33. The molecule has 1 aromatic rings. The maximum absolute atomic E-state index is 5.92. The van der Waals surface area contributed by atoms with Gasteiger partial charge in [0.05, 0.1) is 18.8 Å². The number of nitrogens with one attached hydrogen (secondary N) is 1. The molecule has 1 aliphatic rings. The molecule has 0 aliphatic carbocycles. The molecule has 1 fully saturated rings. The van der Waals surface area contributed by atoms with Crippen LogP contribution in [-0.4, -0.2) is 26.4 Å². The van der Waals surface area contributed by atoms with Crippen LogP contribution in [-0.2, 0) is 4.74 Å². The molecule has 2 atom stereocenters. The Morgan fingerprint density at radius 3 is 2.88 bits per heavy atom. The topological polar surface area (TPSA) is 30.5 Å². The summed E-state index contributed by atoms with van der Waals surface area (Å²) in [5.41, 5.74) is 1.11. The van der Waals surface area contributed by atoms with Gasteiger partial charge in [0, 0.05) is 6.61 Å². The lowest BCUT2D eigenvalue weighted by molar-refractivity contribution is -0.0105. The zero-order chi connectivity index (χ0) is 12.3. The van der Waals surface area contributed by atoms with Crippen molar-refractivity contribution in [2.45, 2.75) is 31.4 Å². The third-order valence-corrected chi connectivity index (χ3v) is 3.58. The standard InChI is InChI=1S/C14H21NO2/c1-14(8-5-9-17-14)13(15-2)11-6-4-7-12(10-11)16-3/h4,6-7,10,13,15H,5,8-9H2,1-3H3. The van der Waals surface area contributed by atoms with Crippen LogP contribution in [0.15, 0.2) is 24.3 Å². The molecular formula is C14H21NO2. The summed E-state index contributed by atoms with van der Waals surface area (Å²) < 4.78 is 11.2. The molecule has 1 N–H and O–H groups in total. The summed E-state index contributed by atoms with van der Waals surface area (Å²) in [5.74, 6) is 0.893. The van der Waals surface area contributed by atoms with Crippen molar-refractivity contribution in [2.24, 2.45) is 0 Å². The van der Waals surface area contributed by atoms with Crippen LogP contribution < -0.4 is 10.1 Å². The normalized spacial score (nSPS) is 25.8. The third kappa shape index (κ3) is 2.45. The zero-order valence-corrected chi connectivity index (χ0v) is 10.8. The van der Waals surface area contributed by atoms with Gasteiger partial charge in [-0.25, -0.2) is 0 Å². The van der Waals surface area contributed by atoms with Crippen LogP contribution in [0.2, 0.25) is 0 Å². The Morgan fingerprint density at radius 1 is 1.47 bits per heavy atom. The van der Waals surface area contributed by atoms with Crippen LogP contribution in [0.5, 0.6) is 5.75 Å². The molecule has 2 rings (SSSR count). The number of hydrogen-bond acceptors (Lipinski definition) is 3. The average Bonchev–Trinajstić information content (AvgIpc) is 2.78. The Kier molecular flexibility index (Phi) is 3.69. The highest BCUT2D eigenvalue weighted by atomic mass is 16.5. The fraction of sp³-hybridized carbons (Fsp3) is 0.571. The average molecular weight is 235 g/mol. The Morgan fingerprint density at radius 2 is 2.29 bits per heavy atom. The molecule has 17 heavy (non-hydrogen) atoms. The van der Waals surface area contributed by atoms with E-state index in [1.54, 1.807) is 7.11 Å². The van der Waals surface area contributed by atoms with E-state index >= 15 is 0 Å². The molecule has 1 saturated heterocycles. The predicted molar refractivity (Wildman–Crippen MR) is 68.4 cm³/mol. The highest BCUT2D eigenvalue weighted by Crippen LogP contribution is 2.37. The molecule has 0 aromatic heterocycles. The van der Waals surface area contributed by atoms with Crippen molar-refractivity contribution in [3.8, 4) is 5.75 Å². The first kappa shape index (κ1) is 12.4. The Balaban J connectivity index is 2.27. The van der Waals surface area contributed by atoms with Crippen LogP contribution in [0.4, 0.5) is 0 Å². The van der Waals surface area contributed by atoms with Crippen LogP contribution in [0, 0.1) is 0 Å². The first-order valence-corrected chi connectivity index (χ1v) is 6.15. The highest BCUT2D eigenvalue weighted by Gasteiger charge is 2.38. The van der Waals surface area contributed by atoms with Gasteiger partial charge >= 0.3 is 0 Å². The van der Waals surface area contributed by atoms with Gasteiger partial charge < -0.3 is 14.8 Å². The van der Waals surface area contributed by atoms with Crippen LogP contribution >= 0.6 is 0 Å². The van der Waals surface area contributed by atoms with Crippen molar-refractivity contribution in [2.75, 3.05) is 20.8 Å². The summed E-state index contributed by atoms with van der Waals surface area (Å²) in [6.45, 7) is 3.04. The molecule has 3 nitrogen and oxygen atoms in total. The van der Waals surface area contributed by atoms with Gasteiger partial charge in [0.2, 0.25) is 0 Å². The second-order valence-electron chi connectivity index (χ2n) is 4.76. The number of rotatable bonds is 4. The van der Waals surface area contributed by atoms with Gasteiger partial charge in [-0.1, -0.05) is 12.1 Å². The molecular weight excluding hydrogens is 214 g/mol. The zero-order valence-electron chi connectivity index (χ0n) is 10.8. The molecule has 0 saturated carbocycles. The summed E-state index contributed by atoms with van der Waals surface area (Å²) in [4.78, 5) is 0. The summed E-state index contributed by atoms with van der Waals surface area (Å²) in [6, 6.07) is 8.40. The predicted octanol–water partition coefficient (Wildman–Crippen LogP) is 2.52. The van der Waals surface area contributed by atoms with E-state index in [0.29, 0.717) is 0 Å². The molecule has 0 bridgehead atoms. The Bertz CT molecular complexity index is 372. The second-order valence-corrected chi connectivity index (χ2v) is 4.76. The number of hydrogen-bond donors (Lipinski definition) is 1. The maximum atomic E-state index is 5.92. The van der Waals surface area contributed by atoms with Crippen LogP contribution in [0.3, 0.4) is 0 Å². The first-order valence-electron chi connectivity index (χ1n) is 6.15. The first-order chi connectivity index (χ1) is 8.19. The largest absolute Gasteiger partial charge is 0.497 e. The molecule has 0 amide bonds. The minimum absolute atomic E-state index is 0.110. The number of methoxy groups -OCH3 is 1. The van der Waals surface area contributed by atoms with Crippen molar-refractivity contribution in [1.29, 1.82) is 0 Å². The number of ether oxygens (including phenoxy) is 2. The maximum Gasteiger partial charge on any atom is 0.119 e. The van der Waals surface area contributed by atoms with Gasteiger partial charge in [-0.2, -0.15) is 0 Å². The number of benzene rings is 1. The second kappa shape index (κ2) is 5.07. The van der Waals surface area contributed by atoms with Gasteiger partial charge in [0.25, 0.3) is 0 Å². The minimum atomic E-state index is -0.110. The fourth-order valence-corrected chi connectivity index (χ4v) is 2.67. The fourth-order valence-electron chi connectivity index (χ4n) is 2.67. The van der Waals surface area contributed by atoms with Crippen LogP contribution in [0.1, 0.15) is 31.4 Å². The molecule has 1 aromatic carbocycles. The molecule has 0 radical (unpaired) electrons. The summed E-state index contributed by atoms with van der Waals surface area (Å²) in [6.07, 6.45) is 2.23.